The third-order valence-corrected chi connectivity index (χ3v) is 3.11. The van der Waals surface area contributed by atoms with Crippen LogP contribution in [0.15, 0.2) is 12.2 Å². The highest BCUT2D eigenvalue weighted by Crippen LogP contribution is 2.36. The Morgan fingerprint density at radius 3 is 2.15 bits per heavy atom. The lowest BCUT2D eigenvalue weighted by Crippen LogP contribution is -2.18. The first kappa shape index (κ1) is 12.7. The van der Waals surface area contributed by atoms with E-state index in [1.807, 2.05) is 0 Å². The number of allylic oxidation sites excluding steroid dienone is 1. The summed E-state index contributed by atoms with van der Waals surface area (Å²) < 4.78 is 0. The van der Waals surface area contributed by atoms with Crippen molar-refractivity contribution in [2.24, 2.45) is 11.3 Å². The summed E-state index contributed by atoms with van der Waals surface area (Å²) in [5.74, 6) is 0.815. The average Bonchev–Trinajstić information content (AvgIpc) is 2.01. The zero-order valence-electron chi connectivity index (χ0n) is 10.1. The van der Waals surface area contributed by atoms with Gasteiger partial charge in [0.25, 0.3) is 0 Å². The molecular formula is C13H26. The van der Waals surface area contributed by atoms with E-state index in [-0.39, 0.29) is 0 Å². The lowest BCUT2D eigenvalue weighted by Gasteiger charge is -2.30. The quantitative estimate of drug-likeness (QED) is 0.517. The molecule has 78 valence electrons. The zero-order chi connectivity index (χ0) is 10.5. The standard InChI is InChI=1S/C13H26/c1-7-9-13(6,12(4)5)10-8-11(2)3/h11H,4,7-10H2,1-3,5-6H3. The Morgan fingerprint density at radius 2 is 1.85 bits per heavy atom. The molecule has 0 spiro atoms. The third kappa shape index (κ3) is 4.50. The minimum absolute atomic E-state index is 0.388. The first-order chi connectivity index (χ1) is 5.92. The molecule has 0 saturated carbocycles. The van der Waals surface area contributed by atoms with Gasteiger partial charge in [-0.15, -0.1) is 0 Å². The SMILES string of the molecule is C=C(C)C(C)(CCC)CCC(C)C. The van der Waals surface area contributed by atoms with E-state index < -0.39 is 0 Å². The molecule has 1 atom stereocenters. The molecule has 13 heavy (non-hydrogen) atoms. The number of rotatable bonds is 6. The van der Waals surface area contributed by atoms with Crippen LogP contribution < -0.4 is 0 Å². The van der Waals surface area contributed by atoms with Crippen molar-refractivity contribution in [3.63, 3.8) is 0 Å². The highest BCUT2D eigenvalue weighted by molar-refractivity contribution is 5.05. The van der Waals surface area contributed by atoms with Crippen LogP contribution in [-0.4, -0.2) is 0 Å². The lowest BCUT2D eigenvalue weighted by atomic mass is 9.75. The van der Waals surface area contributed by atoms with Gasteiger partial charge in [0, 0.05) is 0 Å². The average molecular weight is 182 g/mol. The summed E-state index contributed by atoms with van der Waals surface area (Å²) in [5, 5.41) is 0. The second kappa shape index (κ2) is 5.47. The molecule has 0 rings (SSSR count). The molecule has 0 aliphatic heterocycles. The Kier molecular flexibility index (Phi) is 5.36. The molecule has 0 heterocycles. The van der Waals surface area contributed by atoms with Gasteiger partial charge in [-0.05, 0) is 31.1 Å². The smallest absolute Gasteiger partial charge is 0.0122 e. The largest absolute Gasteiger partial charge is 0.0996 e. The fourth-order valence-electron chi connectivity index (χ4n) is 1.71. The van der Waals surface area contributed by atoms with E-state index in [0.29, 0.717) is 5.41 Å². The van der Waals surface area contributed by atoms with E-state index in [4.69, 9.17) is 0 Å². The Morgan fingerprint density at radius 1 is 1.31 bits per heavy atom. The van der Waals surface area contributed by atoms with Crippen LogP contribution in [-0.2, 0) is 0 Å². The molecule has 0 fully saturated rings. The van der Waals surface area contributed by atoms with Gasteiger partial charge in [0.1, 0.15) is 0 Å². The normalized spacial score (nSPS) is 15.8. The molecule has 0 aromatic heterocycles. The molecule has 1 unspecified atom stereocenters. The molecule has 0 saturated heterocycles. The van der Waals surface area contributed by atoms with Gasteiger partial charge in [0.2, 0.25) is 0 Å². The second-order valence-electron chi connectivity index (χ2n) is 5.02. The van der Waals surface area contributed by atoms with Crippen LogP contribution in [0.5, 0.6) is 0 Å². The summed E-state index contributed by atoms with van der Waals surface area (Å²) in [7, 11) is 0. The van der Waals surface area contributed by atoms with Crippen LogP contribution >= 0.6 is 0 Å². The molecule has 0 N–H and O–H groups in total. The van der Waals surface area contributed by atoms with Crippen LogP contribution in [0.2, 0.25) is 0 Å². The summed E-state index contributed by atoms with van der Waals surface area (Å²) in [4.78, 5) is 0. The fraction of sp³-hybridized carbons (Fsp3) is 0.846. The van der Waals surface area contributed by atoms with Crippen molar-refractivity contribution in [2.75, 3.05) is 0 Å². The topological polar surface area (TPSA) is 0 Å². The van der Waals surface area contributed by atoms with Crippen LogP contribution in [0.1, 0.15) is 60.3 Å². The van der Waals surface area contributed by atoms with Gasteiger partial charge in [-0.1, -0.05) is 52.7 Å². The van der Waals surface area contributed by atoms with Gasteiger partial charge in [-0.25, -0.2) is 0 Å². The van der Waals surface area contributed by atoms with Crippen LogP contribution in [0.3, 0.4) is 0 Å². The molecule has 0 heteroatoms. The van der Waals surface area contributed by atoms with Crippen molar-refractivity contribution in [1.29, 1.82) is 0 Å². The third-order valence-electron chi connectivity index (χ3n) is 3.11. The molecule has 0 radical (unpaired) electrons. The molecule has 0 aromatic carbocycles. The Hall–Kier alpha value is -0.260. The zero-order valence-corrected chi connectivity index (χ0v) is 10.1. The second-order valence-corrected chi connectivity index (χ2v) is 5.02. The molecule has 0 bridgehead atoms. The molecule has 0 aliphatic carbocycles. The van der Waals surface area contributed by atoms with E-state index in [9.17, 15) is 0 Å². The van der Waals surface area contributed by atoms with E-state index in [0.717, 1.165) is 5.92 Å². The summed E-state index contributed by atoms with van der Waals surface area (Å²) in [6, 6.07) is 0. The lowest BCUT2D eigenvalue weighted by molar-refractivity contribution is 0.304. The highest BCUT2D eigenvalue weighted by Gasteiger charge is 2.23. The molecule has 0 amide bonds. The van der Waals surface area contributed by atoms with Gasteiger partial charge < -0.3 is 0 Å². The van der Waals surface area contributed by atoms with Crippen molar-refractivity contribution in [3.05, 3.63) is 12.2 Å². The van der Waals surface area contributed by atoms with Crippen molar-refractivity contribution in [3.8, 4) is 0 Å². The van der Waals surface area contributed by atoms with Gasteiger partial charge >= 0.3 is 0 Å². The molecular weight excluding hydrogens is 156 g/mol. The summed E-state index contributed by atoms with van der Waals surface area (Å²) in [5.41, 5.74) is 1.74. The minimum atomic E-state index is 0.388. The highest BCUT2D eigenvalue weighted by atomic mass is 14.3. The van der Waals surface area contributed by atoms with Crippen LogP contribution in [0, 0.1) is 11.3 Å². The Labute approximate surface area is 84.4 Å². The summed E-state index contributed by atoms with van der Waals surface area (Å²) in [6.07, 6.45) is 5.17. The monoisotopic (exact) mass is 182 g/mol. The first-order valence-corrected chi connectivity index (χ1v) is 5.58. The van der Waals surface area contributed by atoms with E-state index in [1.54, 1.807) is 0 Å². The van der Waals surface area contributed by atoms with Gasteiger partial charge in [-0.3, -0.25) is 0 Å². The predicted octanol–water partition coefficient (Wildman–Crippen LogP) is 4.81. The molecule has 0 aromatic rings. The number of hydrogen-bond acceptors (Lipinski definition) is 0. The van der Waals surface area contributed by atoms with Gasteiger partial charge in [-0.2, -0.15) is 0 Å². The maximum Gasteiger partial charge on any atom is -0.0122 e. The maximum absolute atomic E-state index is 4.12. The first-order valence-electron chi connectivity index (χ1n) is 5.58. The van der Waals surface area contributed by atoms with Crippen LogP contribution in [0.25, 0.3) is 0 Å². The van der Waals surface area contributed by atoms with Crippen molar-refractivity contribution in [2.45, 2.75) is 60.3 Å². The minimum Gasteiger partial charge on any atom is -0.0996 e. The molecule has 0 aliphatic rings. The summed E-state index contributed by atoms with van der Waals surface area (Å²) in [6.45, 7) is 15.5. The maximum atomic E-state index is 4.12. The Balaban J connectivity index is 4.16. The summed E-state index contributed by atoms with van der Waals surface area (Å²) >= 11 is 0. The van der Waals surface area contributed by atoms with Gasteiger partial charge in [0.15, 0.2) is 0 Å². The van der Waals surface area contributed by atoms with Crippen molar-refractivity contribution < 1.29 is 0 Å². The Bertz CT molecular complexity index is 155. The van der Waals surface area contributed by atoms with Crippen LogP contribution in [0.4, 0.5) is 0 Å². The van der Waals surface area contributed by atoms with E-state index in [2.05, 4.69) is 41.2 Å². The van der Waals surface area contributed by atoms with Crippen molar-refractivity contribution >= 4 is 0 Å². The van der Waals surface area contributed by atoms with E-state index >= 15 is 0 Å². The molecule has 0 nitrogen and oxygen atoms in total. The number of hydrogen-bond donors (Lipinski definition) is 0. The van der Waals surface area contributed by atoms with E-state index in [1.165, 1.54) is 31.3 Å². The fourth-order valence-corrected chi connectivity index (χ4v) is 1.71. The van der Waals surface area contributed by atoms with Gasteiger partial charge in [0.05, 0.1) is 0 Å². The van der Waals surface area contributed by atoms with Crippen molar-refractivity contribution in [1.82, 2.24) is 0 Å². The predicted molar refractivity (Wildman–Crippen MR) is 61.9 cm³/mol.